The monoisotopic (exact) mass is 215 g/mol. The van der Waals surface area contributed by atoms with Crippen LogP contribution in [0.25, 0.3) is 0 Å². The lowest BCUT2D eigenvalue weighted by Gasteiger charge is -2.22. The summed E-state index contributed by atoms with van der Waals surface area (Å²) in [5, 5.41) is 0. The molecule has 0 atom stereocenters. The smallest absolute Gasteiger partial charge is 0.211 e. The van der Waals surface area contributed by atoms with E-state index in [9.17, 15) is 4.79 Å². The molecule has 2 nitrogen and oxygen atoms in total. The summed E-state index contributed by atoms with van der Waals surface area (Å²) < 4.78 is 0. The van der Waals surface area contributed by atoms with E-state index in [1.54, 1.807) is 6.08 Å². The molecule has 0 bridgehead atoms. The zero-order valence-electron chi connectivity index (χ0n) is 9.48. The fraction of sp³-hybridized carbons (Fsp3) is 0.500. The first-order valence-electron chi connectivity index (χ1n) is 6.02. The van der Waals surface area contributed by atoms with E-state index < -0.39 is 0 Å². The number of isocyanates is 1. The quantitative estimate of drug-likeness (QED) is 0.560. The van der Waals surface area contributed by atoms with Crippen LogP contribution in [0.15, 0.2) is 29.3 Å². The molecular formula is C14H17NO. The third kappa shape index (κ3) is 2.80. The van der Waals surface area contributed by atoms with Crippen LogP contribution in [-0.4, -0.2) is 6.08 Å². The Morgan fingerprint density at radius 1 is 1.25 bits per heavy atom. The van der Waals surface area contributed by atoms with Crippen LogP contribution in [0.5, 0.6) is 0 Å². The Labute approximate surface area is 96.4 Å². The molecule has 1 aliphatic carbocycles. The van der Waals surface area contributed by atoms with Crippen molar-refractivity contribution >= 4 is 6.08 Å². The van der Waals surface area contributed by atoms with Gasteiger partial charge in [-0.1, -0.05) is 43.5 Å². The van der Waals surface area contributed by atoms with Gasteiger partial charge in [-0.15, -0.1) is 0 Å². The van der Waals surface area contributed by atoms with E-state index >= 15 is 0 Å². The summed E-state index contributed by atoms with van der Waals surface area (Å²) in [6.07, 6.45) is 8.28. The maximum Gasteiger partial charge on any atom is 0.235 e. The van der Waals surface area contributed by atoms with Gasteiger partial charge in [-0.2, -0.15) is 0 Å². The van der Waals surface area contributed by atoms with Crippen LogP contribution in [0.4, 0.5) is 0 Å². The van der Waals surface area contributed by atoms with Crippen molar-refractivity contribution in [1.29, 1.82) is 0 Å². The van der Waals surface area contributed by atoms with Crippen LogP contribution in [0.1, 0.15) is 49.1 Å². The van der Waals surface area contributed by atoms with Gasteiger partial charge in [-0.05, 0) is 29.9 Å². The molecule has 0 aliphatic heterocycles. The average molecular weight is 215 g/mol. The highest BCUT2D eigenvalue weighted by molar-refractivity contribution is 5.34. The van der Waals surface area contributed by atoms with Crippen molar-refractivity contribution in [1.82, 2.24) is 0 Å². The molecule has 1 fully saturated rings. The van der Waals surface area contributed by atoms with Gasteiger partial charge in [0.15, 0.2) is 0 Å². The lowest BCUT2D eigenvalue weighted by Crippen LogP contribution is -2.04. The van der Waals surface area contributed by atoms with Gasteiger partial charge < -0.3 is 0 Å². The Morgan fingerprint density at radius 2 is 2.06 bits per heavy atom. The molecule has 0 heterocycles. The van der Waals surface area contributed by atoms with Crippen LogP contribution in [0.3, 0.4) is 0 Å². The first-order chi connectivity index (χ1) is 7.90. The molecule has 2 rings (SSSR count). The molecule has 0 N–H and O–H groups in total. The van der Waals surface area contributed by atoms with Crippen molar-refractivity contribution in [2.75, 3.05) is 0 Å². The minimum absolute atomic E-state index is 0.462. The largest absolute Gasteiger partial charge is 0.235 e. The first-order valence-corrected chi connectivity index (χ1v) is 6.02. The van der Waals surface area contributed by atoms with Crippen molar-refractivity contribution in [2.24, 2.45) is 4.99 Å². The predicted octanol–water partition coefficient (Wildman–Crippen LogP) is 3.57. The molecule has 0 saturated heterocycles. The lowest BCUT2D eigenvalue weighted by atomic mass is 9.84. The molecule has 16 heavy (non-hydrogen) atoms. The van der Waals surface area contributed by atoms with Gasteiger partial charge in [0.2, 0.25) is 6.08 Å². The summed E-state index contributed by atoms with van der Waals surface area (Å²) in [7, 11) is 0. The topological polar surface area (TPSA) is 29.4 Å². The standard InChI is InChI=1S/C14H17NO/c16-11-15-10-12-5-4-8-14(9-12)13-6-2-1-3-7-13/h4-5,8-9,13H,1-3,6-7,10H2. The van der Waals surface area contributed by atoms with Crippen LogP contribution in [-0.2, 0) is 11.3 Å². The number of hydrogen-bond acceptors (Lipinski definition) is 2. The summed E-state index contributed by atoms with van der Waals surface area (Å²) in [6.45, 7) is 0.462. The summed E-state index contributed by atoms with van der Waals surface area (Å²) in [5.41, 5.74) is 2.53. The second-order valence-corrected chi connectivity index (χ2v) is 4.49. The van der Waals surface area contributed by atoms with Crippen LogP contribution < -0.4 is 0 Å². The second-order valence-electron chi connectivity index (χ2n) is 4.49. The highest BCUT2D eigenvalue weighted by atomic mass is 16.1. The van der Waals surface area contributed by atoms with Gasteiger partial charge in [-0.25, -0.2) is 9.79 Å². The highest BCUT2D eigenvalue weighted by Crippen LogP contribution is 2.32. The van der Waals surface area contributed by atoms with E-state index in [0.29, 0.717) is 12.5 Å². The maximum atomic E-state index is 10.1. The summed E-state index contributed by atoms with van der Waals surface area (Å²) in [4.78, 5) is 13.7. The average Bonchev–Trinajstić information content (AvgIpc) is 2.38. The predicted molar refractivity (Wildman–Crippen MR) is 64.1 cm³/mol. The molecule has 0 amide bonds. The highest BCUT2D eigenvalue weighted by Gasteiger charge is 2.15. The number of hydrogen-bond donors (Lipinski definition) is 0. The van der Waals surface area contributed by atoms with Gasteiger partial charge in [0.25, 0.3) is 0 Å². The van der Waals surface area contributed by atoms with Crippen LogP contribution >= 0.6 is 0 Å². The minimum atomic E-state index is 0.462. The van der Waals surface area contributed by atoms with Crippen molar-refractivity contribution < 1.29 is 4.79 Å². The molecule has 0 aromatic heterocycles. The van der Waals surface area contributed by atoms with Gasteiger partial charge in [0, 0.05) is 0 Å². The minimum Gasteiger partial charge on any atom is -0.211 e. The summed E-state index contributed by atoms with van der Waals surface area (Å²) >= 11 is 0. The molecule has 1 aromatic carbocycles. The Kier molecular flexibility index (Phi) is 3.90. The molecule has 1 aromatic rings. The second kappa shape index (κ2) is 5.62. The third-order valence-corrected chi connectivity index (χ3v) is 3.35. The van der Waals surface area contributed by atoms with Crippen LogP contribution in [0, 0.1) is 0 Å². The normalized spacial score (nSPS) is 16.8. The SMILES string of the molecule is O=C=NCc1cccc(C2CCCCC2)c1. The van der Waals surface area contributed by atoms with E-state index in [-0.39, 0.29) is 0 Å². The fourth-order valence-electron chi connectivity index (χ4n) is 2.50. The zero-order valence-corrected chi connectivity index (χ0v) is 9.48. The van der Waals surface area contributed by atoms with Gasteiger partial charge >= 0.3 is 0 Å². The van der Waals surface area contributed by atoms with Gasteiger partial charge in [0.1, 0.15) is 0 Å². The van der Waals surface area contributed by atoms with E-state index in [1.165, 1.54) is 37.7 Å². The van der Waals surface area contributed by atoms with E-state index in [1.807, 2.05) is 6.07 Å². The van der Waals surface area contributed by atoms with E-state index in [0.717, 1.165) is 5.56 Å². The Bertz CT molecular complexity index is 387. The Morgan fingerprint density at radius 3 is 2.81 bits per heavy atom. The molecule has 84 valence electrons. The summed E-state index contributed by atoms with van der Waals surface area (Å²) in [5.74, 6) is 0.717. The number of nitrogens with zero attached hydrogens (tertiary/aromatic N) is 1. The molecule has 1 aliphatic rings. The zero-order chi connectivity index (χ0) is 11.2. The number of rotatable bonds is 3. The lowest BCUT2D eigenvalue weighted by molar-refractivity contribution is 0.443. The Hall–Kier alpha value is -1.40. The van der Waals surface area contributed by atoms with Crippen molar-refractivity contribution in [3.05, 3.63) is 35.4 Å². The van der Waals surface area contributed by atoms with Crippen molar-refractivity contribution in [3.63, 3.8) is 0 Å². The number of aliphatic imine (C=N–C) groups is 1. The Balaban J connectivity index is 2.10. The number of carbonyl (C=O) groups excluding carboxylic acids is 1. The molecule has 1 saturated carbocycles. The van der Waals surface area contributed by atoms with Gasteiger partial charge in [0.05, 0.1) is 6.54 Å². The first kappa shape index (κ1) is 11.1. The van der Waals surface area contributed by atoms with Gasteiger partial charge in [-0.3, -0.25) is 0 Å². The van der Waals surface area contributed by atoms with Crippen molar-refractivity contribution in [2.45, 2.75) is 44.6 Å². The van der Waals surface area contributed by atoms with E-state index in [4.69, 9.17) is 0 Å². The fourth-order valence-corrected chi connectivity index (χ4v) is 2.50. The molecule has 0 radical (unpaired) electrons. The van der Waals surface area contributed by atoms with Crippen molar-refractivity contribution in [3.8, 4) is 0 Å². The maximum absolute atomic E-state index is 10.1. The molecule has 0 spiro atoms. The summed E-state index contributed by atoms with van der Waals surface area (Å²) in [6, 6.07) is 8.48. The molecule has 2 heteroatoms. The third-order valence-electron chi connectivity index (χ3n) is 3.35. The van der Waals surface area contributed by atoms with E-state index in [2.05, 4.69) is 23.2 Å². The molecular weight excluding hydrogens is 198 g/mol. The number of benzene rings is 1. The molecule has 0 unspecified atom stereocenters. The van der Waals surface area contributed by atoms with Crippen LogP contribution in [0.2, 0.25) is 0 Å².